The number of halogens is 1. The van der Waals surface area contributed by atoms with Gasteiger partial charge in [0.15, 0.2) is 0 Å². The van der Waals surface area contributed by atoms with E-state index in [4.69, 9.17) is 16.3 Å². The molecule has 0 fully saturated rings. The number of fused-ring (bicyclic) bond motifs is 1. The molecule has 1 amide bonds. The summed E-state index contributed by atoms with van der Waals surface area (Å²) < 4.78 is 6.48. The molecular formula is C23H15ClN2O3S. The fourth-order valence-electron chi connectivity index (χ4n) is 2.79. The Morgan fingerprint density at radius 2 is 1.63 bits per heavy atom. The van der Waals surface area contributed by atoms with Gasteiger partial charge in [0, 0.05) is 21.2 Å². The highest BCUT2D eigenvalue weighted by Gasteiger charge is 2.19. The van der Waals surface area contributed by atoms with E-state index < -0.39 is 5.97 Å². The maximum Gasteiger partial charge on any atom is 0.355 e. The van der Waals surface area contributed by atoms with Crippen molar-refractivity contribution in [3.63, 3.8) is 0 Å². The number of thiophene rings is 1. The van der Waals surface area contributed by atoms with E-state index in [-0.39, 0.29) is 5.91 Å². The molecule has 5 nitrogen and oxygen atoms in total. The number of hydrogen-bond donors (Lipinski definition) is 1. The first-order valence-corrected chi connectivity index (χ1v) is 10.2. The largest absolute Gasteiger partial charge is 0.422 e. The number of hydrazone groups is 1. The lowest BCUT2D eigenvalue weighted by Gasteiger charge is -2.06. The van der Waals surface area contributed by atoms with Crippen molar-refractivity contribution >= 4 is 51.1 Å². The summed E-state index contributed by atoms with van der Waals surface area (Å²) in [6.45, 7) is 0. The molecule has 0 aliphatic carbocycles. The fourth-order valence-corrected chi connectivity index (χ4v) is 4.17. The first-order chi connectivity index (χ1) is 14.6. The molecule has 0 atom stereocenters. The van der Waals surface area contributed by atoms with E-state index in [0.717, 1.165) is 10.1 Å². The van der Waals surface area contributed by atoms with E-state index in [9.17, 15) is 9.59 Å². The van der Waals surface area contributed by atoms with Crippen LogP contribution < -0.4 is 10.2 Å². The smallest absolute Gasteiger partial charge is 0.355 e. The summed E-state index contributed by atoms with van der Waals surface area (Å²) in [6, 6.07) is 23.2. The van der Waals surface area contributed by atoms with Crippen LogP contribution in [-0.2, 0) is 0 Å². The molecule has 4 rings (SSSR count). The minimum Gasteiger partial charge on any atom is -0.422 e. The number of carbonyl (C=O) groups excluding carboxylic acids is 2. The van der Waals surface area contributed by atoms with Gasteiger partial charge in [-0.25, -0.2) is 10.2 Å². The zero-order valence-electron chi connectivity index (χ0n) is 15.5. The van der Waals surface area contributed by atoms with Gasteiger partial charge >= 0.3 is 5.97 Å². The van der Waals surface area contributed by atoms with Gasteiger partial charge in [0.2, 0.25) is 0 Å². The number of nitrogens with one attached hydrogen (secondary N) is 1. The van der Waals surface area contributed by atoms with Gasteiger partial charge in [-0.15, -0.1) is 11.3 Å². The zero-order chi connectivity index (χ0) is 20.9. The quantitative estimate of drug-likeness (QED) is 0.194. The summed E-state index contributed by atoms with van der Waals surface area (Å²) in [5.41, 5.74) is 3.49. The van der Waals surface area contributed by atoms with Crippen LogP contribution >= 0.6 is 22.9 Å². The van der Waals surface area contributed by atoms with Gasteiger partial charge in [0.25, 0.3) is 5.91 Å². The Bertz CT molecular complexity index is 1250. The van der Waals surface area contributed by atoms with Gasteiger partial charge in [-0.2, -0.15) is 5.10 Å². The molecule has 30 heavy (non-hydrogen) atoms. The lowest BCUT2D eigenvalue weighted by molar-refractivity contribution is 0.0739. The van der Waals surface area contributed by atoms with Crippen molar-refractivity contribution in [1.82, 2.24) is 5.43 Å². The average Bonchev–Trinajstić information content (AvgIpc) is 3.12. The molecule has 0 spiro atoms. The summed E-state index contributed by atoms with van der Waals surface area (Å²) in [6.07, 6.45) is 1.43. The topological polar surface area (TPSA) is 67.8 Å². The van der Waals surface area contributed by atoms with Gasteiger partial charge in [0.05, 0.1) is 11.2 Å². The molecule has 0 bridgehead atoms. The Morgan fingerprint density at radius 3 is 2.43 bits per heavy atom. The lowest BCUT2D eigenvalue weighted by Crippen LogP contribution is -2.17. The molecule has 0 unspecified atom stereocenters. The van der Waals surface area contributed by atoms with Crippen LogP contribution in [0.1, 0.15) is 25.6 Å². The second-order valence-electron chi connectivity index (χ2n) is 6.23. The molecule has 148 valence electrons. The van der Waals surface area contributed by atoms with E-state index in [0.29, 0.717) is 26.8 Å². The number of rotatable bonds is 5. The van der Waals surface area contributed by atoms with Gasteiger partial charge in [-0.3, -0.25) is 4.79 Å². The van der Waals surface area contributed by atoms with E-state index in [1.54, 1.807) is 48.5 Å². The van der Waals surface area contributed by atoms with Gasteiger partial charge in [-0.1, -0.05) is 60.1 Å². The number of esters is 1. The summed E-state index contributed by atoms with van der Waals surface area (Å²) >= 11 is 7.65. The van der Waals surface area contributed by atoms with Crippen LogP contribution in [0.15, 0.2) is 84.0 Å². The molecule has 0 saturated heterocycles. The number of carbonyl (C=O) groups is 2. The maximum absolute atomic E-state index is 12.7. The first kappa shape index (κ1) is 19.8. The van der Waals surface area contributed by atoms with Gasteiger partial charge in [-0.05, 0) is 30.3 Å². The molecule has 4 aromatic rings. The predicted octanol–water partition coefficient (Wildman–Crippen LogP) is 5.54. The summed E-state index contributed by atoms with van der Waals surface area (Å²) in [5, 5.41) is 5.16. The first-order valence-electron chi connectivity index (χ1n) is 9.00. The number of para-hydroxylation sites is 1. The molecule has 0 aliphatic rings. The number of hydrogen-bond acceptors (Lipinski definition) is 5. The highest BCUT2D eigenvalue weighted by Crippen LogP contribution is 2.35. The molecule has 1 N–H and O–H groups in total. The molecule has 7 heteroatoms. The Hall–Kier alpha value is -3.48. The molecule has 3 aromatic carbocycles. The van der Waals surface area contributed by atoms with Crippen LogP contribution in [0, 0.1) is 0 Å². The normalized spacial score (nSPS) is 11.0. The Morgan fingerprint density at radius 1 is 0.933 bits per heavy atom. The van der Waals surface area contributed by atoms with Crippen LogP contribution in [0.3, 0.4) is 0 Å². The maximum atomic E-state index is 12.7. The molecule has 1 aromatic heterocycles. The second-order valence-corrected chi connectivity index (χ2v) is 7.66. The number of amides is 1. The van der Waals surface area contributed by atoms with Gasteiger partial charge < -0.3 is 4.74 Å². The van der Waals surface area contributed by atoms with Crippen LogP contribution in [-0.4, -0.2) is 18.1 Å². The molecule has 0 aliphatic heterocycles. The summed E-state index contributed by atoms with van der Waals surface area (Å²) in [4.78, 5) is 25.1. The molecule has 0 radical (unpaired) electrons. The van der Waals surface area contributed by atoms with E-state index >= 15 is 0 Å². The van der Waals surface area contributed by atoms with Crippen molar-refractivity contribution in [2.24, 2.45) is 5.10 Å². The molecule has 0 saturated carbocycles. The molecule has 1 heterocycles. The predicted molar refractivity (Wildman–Crippen MR) is 120 cm³/mol. The standard InChI is InChI=1S/C23H15ClN2O3S/c24-20-17-11-5-7-13-19(17)30-21(20)23(28)29-18-12-6-4-10-16(18)14-25-26-22(27)15-8-2-1-3-9-15/h1-14H,(H,26,27)/b25-14-. The number of ether oxygens (including phenoxy) is 1. The molecular weight excluding hydrogens is 420 g/mol. The van der Waals surface area contributed by atoms with Crippen LogP contribution in [0.4, 0.5) is 0 Å². The van der Waals surface area contributed by atoms with E-state index in [1.807, 2.05) is 30.3 Å². The minimum absolute atomic E-state index is 0.314. The highest BCUT2D eigenvalue weighted by atomic mass is 35.5. The van der Waals surface area contributed by atoms with Crippen molar-refractivity contribution < 1.29 is 14.3 Å². The third-order valence-corrected chi connectivity index (χ3v) is 5.90. The van der Waals surface area contributed by atoms with Crippen LogP contribution in [0.2, 0.25) is 5.02 Å². The second kappa shape index (κ2) is 8.90. The van der Waals surface area contributed by atoms with E-state index in [2.05, 4.69) is 10.5 Å². The highest BCUT2D eigenvalue weighted by molar-refractivity contribution is 7.21. The van der Waals surface area contributed by atoms with Crippen molar-refractivity contribution in [2.75, 3.05) is 0 Å². The van der Waals surface area contributed by atoms with Crippen molar-refractivity contribution in [3.05, 3.63) is 99.9 Å². The van der Waals surface area contributed by atoms with Crippen molar-refractivity contribution in [3.8, 4) is 5.75 Å². The zero-order valence-corrected chi connectivity index (χ0v) is 17.1. The van der Waals surface area contributed by atoms with Crippen LogP contribution in [0.5, 0.6) is 5.75 Å². The lowest BCUT2D eigenvalue weighted by atomic mass is 10.2. The number of nitrogens with zero attached hydrogens (tertiary/aromatic N) is 1. The average molecular weight is 435 g/mol. The fraction of sp³-hybridized carbons (Fsp3) is 0. The minimum atomic E-state index is -0.546. The van der Waals surface area contributed by atoms with Crippen molar-refractivity contribution in [1.29, 1.82) is 0 Å². The third kappa shape index (κ3) is 4.25. The van der Waals surface area contributed by atoms with Gasteiger partial charge in [0.1, 0.15) is 10.6 Å². The summed E-state index contributed by atoms with van der Waals surface area (Å²) in [5.74, 6) is -0.567. The van der Waals surface area contributed by atoms with E-state index in [1.165, 1.54) is 17.6 Å². The van der Waals surface area contributed by atoms with Crippen LogP contribution in [0.25, 0.3) is 10.1 Å². The Kier molecular flexibility index (Phi) is 5.88. The summed E-state index contributed by atoms with van der Waals surface area (Å²) in [7, 11) is 0. The third-order valence-electron chi connectivity index (χ3n) is 4.25. The Balaban J connectivity index is 1.51. The SMILES string of the molecule is O=C(N/N=C\c1ccccc1OC(=O)c1sc2ccccc2c1Cl)c1ccccc1. The monoisotopic (exact) mass is 434 g/mol. The Labute approximate surface area is 181 Å². The number of benzene rings is 3. The van der Waals surface area contributed by atoms with Crippen molar-refractivity contribution in [2.45, 2.75) is 0 Å².